The van der Waals surface area contributed by atoms with Crippen molar-refractivity contribution in [3.8, 4) is 0 Å². The van der Waals surface area contributed by atoms with E-state index < -0.39 is 17.1 Å². The van der Waals surface area contributed by atoms with Crippen molar-refractivity contribution < 1.29 is 15.1 Å². The molecule has 0 radical (unpaired) electrons. The van der Waals surface area contributed by atoms with Crippen molar-refractivity contribution in [2.45, 2.75) is 109 Å². The van der Waals surface area contributed by atoms with Gasteiger partial charge in [0.1, 0.15) is 0 Å². The lowest BCUT2D eigenvalue weighted by atomic mass is 10.0. The Balaban J connectivity index is 2.06. The highest BCUT2D eigenvalue weighted by molar-refractivity contribution is 5.49. The van der Waals surface area contributed by atoms with Crippen LogP contribution in [0, 0.1) is 10.1 Å². The maximum atomic E-state index is 10.7. The Bertz CT molecular complexity index is 551. The molecule has 1 aromatic rings. The molecule has 2 atom stereocenters. The zero-order chi connectivity index (χ0) is 22.0. The van der Waals surface area contributed by atoms with E-state index >= 15 is 0 Å². The standard InChI is InChI=1S/C24H42N2O4/c1-2-3-4-5-6-7-8-9-10-11-12-13-14-15-24(28)23(20-27)25-21-16-18-22(19-17-21)26(29)30/h16-19,23-25,27-28H,2-15,20H2,1H3. The van der Waals surface area contributed by atoms with E-state index in [2.05, 4.69) is 12.2 Å². The van der Waals surface area contributed by atoms with E-state index in [-0.39, 0.29) is 12.3 Å². The molecule has 0 heterocycles. The van der Waals surface area contributed by atoms with Gasteiger partial charge in [-0.15, -0.1) is 0 Å². The number of nitrogens with one attached hydrogen (secondary N) is 1. The molecule has 6 nitrogen and oxygen atoms in total. The van der Waals surface area contributed by atoms with Crippen LogP contribution in [0.25, 0.3) is 0 Å². The summed E-state index contributed by atoms with van der Waals surface area (Å²) < 4.78 is 0. The quantitative estimate of drug-likeness (QED) is 0.140. The van der Waals surface area contributed by atoms with Gasteiger partial charge in [-0.25, -0.2) is 0 Å². The first-order valence-corrected chi connectivity index (χ1v) is 11.9. The van der Waals surface area contributed by atoms with Crippen molar-refractivity contribution in [1.29, 1.82) is 0 Å². The topological polar surface area (TPSA) is 95.6 Å². The number of aliphatic hydroxyl groups excluding tert-OH is 2. The van der Waals surface area contributed by atoms with Crippen molar-refractivity contribution in [3.05, 3.63) is 34.4 Å². The minimum absolute atomic E-state index is 0.0219. The second-order valence-electron chi connectivity index (χ2n) is 8.34. The average Bonchev–Trinajstić information content (AvgIpc) is 2.75. The molecule has 6 heteroatoms. The first-order chi connectivity index (χ1) is 14.6. The van der Waals surface area contributed by atoms with Gasteiger partial charge in [-0.1, -0.05) is 90.4 Å². The number of non-ortho nitro benzene ring substituents is 1. The fourth-order valence-corrected chi connectivity index (χ4v) is 3.73. The van der Waals surface area contributed by atoms with Crippen LogP contribution in [0.4, 0.5) is 11.4 Å². The third-order valence-electron chi connectivity index (χ3n) is 5.69. The summed E-state index contributed by atoms with van der Waals surface area (Å²) in [5.41, 5.74) is 0.678. The Labute approximate surface area is 182 Å². The van der Waals surface area contributed by atoms with E-state index in [1.165, 1.54) is 82.8 Å². The number of rotatable bonds is 19. The molecule has 0 aliphatic carbocycles. The van der Waals surface area contributed by atoms with Gasteiger partial charge in [0, 0.05) is 17.8 Å². The number of aliphatic hydroxyl groups is 2. The van der Waals surface area contributed by atoms with Gasteiger partial charge < -0.3 is 15.5 Å². The summed E-state index contributed by atoms with van der Waals surface area (Å²) in [6, 6.07) is 5.55. The SMILES string of the molecule is CCCCCCCCCCCCCCCC(O)C(CO)Nc1ccc([N+](=O)[O-])cc1. The van der Waals surface area contributed by atoms with Crippen molar-refractivity contribution in [2.75, 3.05) is 11.9 Å². The van der Waals surface area contributed by atoms with Crippen LogP contribution in [0.15, 0.2) is 24.3 Å². The average molecular weight is 423 g/mol. The highest BCUT2D eigenvalue weighted by Crippen LogP contribution is 2.18. The molecule has 2 unspecified atom stereocenters. The van der Waals surface area contributed by atoms with Crippen LogP contribution in [-0.2, 0) is 0 Å². The van der Waals surface area contributed by atoms with E-state index in [1.54, 1.807) is 12.1 Å². The van der Waals surface area contributed by atoms with Gasteiger partial charge in [-0.3, -0.25) is 10.1 Å². The number of anilines is 1. The van der Waals surface area contributed by atoms with Crippen LogP contribution >= 0.6 is 0 Å². The Morgan fingerprint density at radius 1 is 0.867 bits per heavy atom. The lowest BCUT2D eigenvalue weighted by Gasteiger charge is -2.23. The van der Waals surface area contributed by atoms with Gasteiger partial charge in [-0.05, 0) is 18.6 Å². The lowest BCUT2D eigenvalue weighted by molar-refractivity contribution is -0.384. The predicted molar refractivity (Wildman–Crippen MR) is 124 cm³/mol. The number of unbranched alkanes of at least 4 members (excludes halogenated alkanes) is 12. The maximum absolute atomic E-state index is 10.7. The summed E-state index contributed by atoms with van der Waals surface area (Å²) in [6.45, 7) is 2.07. The largest absolute Gasteiger partial charge is 0.394 e. The zero-order valence-corrected chi connectivity index (χ0v) is 18.7. The molecule has 0 saturated carbocycles. The van der Waals surface area contributed by atoms with E-state index in [4.69, 9.17) is 0 Å². The lowest BCUT2D eigenvalue weighted by Crippen LogP contribution is -2.36. The van der Waals surface area contributed by atoms with Crippen molar-refractivity contribution >= 4 is 11.4 Å². The first-order valence-electron chi connectivity index (χ1n) is 11.9. The van der Waals surface area contributed by atoms with Crippen LogP contribution in [0.3, 0.4) is 0 Å². The summed E-state index contributed by atoms with van der Waals surface area (Å²) in [7, 11) is 0. The summed E-state index contributed by atoms with van der Waals surface area (Å²) >= 11 is 0. The molecule has 0 aliphatic heterocycles. The number of nitro benzene ring substituents is 1. The molecule has 0 amide bonds. The molecule has 1 aromatic carbocycles. The summed E-state index contributed by atoms with van der Waals surface area (Å²) in [5, 5.41) is 33.7. The van der Waals surface area contributed by atoms with E-state index in [0.717, 1.165) is 12.8 Å². The third-order valence-corrected chi connectivity index (χ3v) is 5.69. The number of benzene rings is 1. The molecule has 0 aliphatic rings. The summed E-state index contributed by atoms with van der Waals surface area (Å²) in [6.07, 6.45) is 16.7. The summed E-state index contributed by atoms with van der Waals surface area (Å²) in [4.78, 5) is 10.3. The Morgan fingerprint density at radius 2 is 1.33 bits per heavy atom. The monoisotopic (exact) mass is 422 g/mol. The number of nitrogens with zero attached hydrogens (tertiary/aromatic N) is 1. The highest BCUT2D eigenvalue weighted by atomic mass is 16.6. The molecule has 3 N–H and O–H groups in total. The molecule has 0 bridgehead atoms. The zero-order valence-electron chi connectivity index (χ0n) is 18.7. The first kappa shape index (κ1) is 26.4. The van der Waals surface area contributed by atoms with Crippen molar-refractivity contribution in [1.82, 2.24) is 0 Å². The van der Waals surface area contributed by atoms with Gasteiger partial charge in [0.25, 0.3) is 5.69 Å². The second-order valence-corrected chi connectivity index (χ2v) is 8.34. The second kappa shape index (κ2) is 17.1. The van der Waals surface area contributed by atoms with E-state index in [1.807, 2.05) is 0 Å². The summed E-state index contributed by atoms with van der Waals surface area (Å²) in [5.74, 6) is 0. The van der Waals surface area contributed by atoms with Gasteiger partial charge in [-0.2, -0.15) is 0 Å². The van der Waals surface area contributed by atoms with Crippen LogP contribution < -0.4 is 5.32 Å². The Kier molecular flexibility index (Phi) is 15.0. The molecule has 30 heavy (non-hydrogen) atoms. The van der Waals surface area contributed by atoms with Gasteiger partial charge in [0.15, 0.2) is 0 Å². The molecule has 172 valence electrons. The minimum Gasteiger partial charge on any atom is -0.394 e. The van der Waals surface area contributed by atoms with Crippen molar-refractivity contribution in [2.24, 2.45) is 0 Å². The van der Waals surface area contributed by atoms with Crippen LogP contribution in [-0.4, -0.2) is 33.9 Å². The third kappa shape index (κ3) is 12.1. The molecule has 0 fully saturated rings. The van der Waals surface area contributed by atoms with E-state index in [0.29, 0.717) is 12.1 Å². The van der Waals surface area contributed by atoms with Gasteiger partial charge in [0.05, 0.1) is 23.7 Å². The normalized spacial score (nSPS) is 13.2. The number of nitro groups is 1. The van der Waals surface area contributed by atoms with Crippen molar-refractivity contribution in [3.63, 3.8) is 0 Å². The minimum atomic E-state index is -0.641. The number of hydrogen-bond donors (Lipinski definition) is 3. The van der Waals surface area contributed by atoms with Crippen LogP contribution in [0.1, 0.15) is 96.8 Å². The van der Waals surface area contributed by atoms with Crippen LogP contribution in [0.2, 0.25) is 0 Å². The van der Waals surface area contributed by atoms with Gasteiger partial charge >= 0.3 is 0 Å². The molecule has 0 saturated heterocycles. The molecule has 1 rings (SSSR count). The Hall–Kier alpha value is -1.66. The fourth-order valence-electron chi connectivity index (χ4n) is 3.73. The fraction of sp³-hybridized carbons (Fsp3) is 0.750. The van der Waals surface area contributed by atoms with Gasteiger partial charge in [0.2, 0.25) is 0 Å². The van der Waals surface area contributed by atoms with E-state index in [9.17, 15) is 20.3 Å². The number of hydrogen-bond acceptors (Lipinski definition) is 5. The predicted octanol–water partition coefficient (Wildman–Crippen LogP) is 6.21. The molecular weight excluding hydrogens is 380 g/mol. The maximum Gasteiger partial charge on any atom is 0.269 e. The van der Waals surface area contributed by atoms with Crippen LogP contribution in [0.5, 0.6) is 0 Å². The smallest absolute Gasteiger partial charge is 0.269 e. The molecular formula is C24H42N2O4. The Morgan fingerprint density at radius 3 is 1.77 bits per heavy atom. The molecule has 0 aromatic heterocycles. The molecule has 0 spiro atoms. The highest BCUT2D eigenvalue weighted by Gasteiger charge is 2.18.